The molecule has 19 heteroatoms. The summed E-state index contributed by atoms with van der Waals surface area (Å²) in [6.07, 6.45) is 67.3. The van der Waals surface area contributed by atoms with Gasteiger partial charge in [0.1, 0.15) is 19.3 Å². The van der Waals surface area contributed by atoms with E-state index in [0.717, 1.165) is 102 Å². The molecule has 0 saturated heterocycles. The van der Waals surface area contributed by atoms with Crippen molar-refractivity contribution in [3.8, 4) is 0 Å². The SMILES string of the molecule is CCCCCCCCCCCCCCCCCCCCCCCCC(=O)O[C@H](COC(=O)CCCCCCCCCCCCCCCCCCCCC)COP(=O)(O)OC[C@@H](O)COP(=O)(O)OC[C@@H](COC(=O)CCCCCCC)OC(=O)CCCCCCCCCCCCCCC(C)C. The molecule has 0 aromatic carbocycles. The van der Waals surface area contributed by atoms with E-state index >= 15 is 0 Å². The number of aliphatic hydroxyl groups is 1. The van der Waals surface area contributed by atoms with Gasteiger partial charge in [-0.15, -0.1) is 0 Å². The number of ether oxygens (including phenoxy) is 4. The standard InChI is InChI=1S/C82H160O17P2/c1-6-9-12-15-17-19-21-23-25-27-29-30-31-33-35-37-39-44-48-52-57-62-68-82(87)99-78(72-93-80(85)66-61-56-51-47-43-38-36-34-32-28-26-24-22-20-18-16-13-10-7-2)74-97-101(90,91)95-70-76(83)69-94-100(88,89)96-73-77(71-92-79(84)65-60-54-14-11-8-3)98-81(86)67-63-58-53-49-45-41-40-42-46-50-55-59-64-75(4)5/h75-78,83H,6-74H2,1-5H3,(H,88,89)(H,90,91)/t76-,77+,78+/m0/s1. The van der Waals surface area contributed by atoms with Crippen LogP contribution in [0.4, 0.5) is 0 Å². The third kappa shape index (κ3) is 76.1. The number of hydrogen-bond donors (Lipinski definition) is 3. The molecule has 0 radical (unpaired) electrons. The van der Waals surface area contributed by atoms with Gasteiger partial charge in [0, 0.05) is 25.7 Å². The Bertz CT molecular complexity index is 1930. The molecule has 0 spiro atoms. The van der Waals surface area contributed by atoms with Crippen LogP contribution in [0.2, 0.25) is 0 Å². The lowest BCUT2D eigenvalue weighted by Gasteiger charge is -2.21. The molecule has 0 amide bonds. The van der Waals surface area contributed by atoms with Gasteiger partial charge in [-0.05, 0) is 31.6 Å². The molecule has 17 nitrogen and oxygen atoms in total. The number of phosphoric acid groups is 2. The van der Waals surface area contributed by atoms with Gasteiger partial charge in [0.15, 0.2) is 12.2 Å². The molecule has 0 aliphatic heterocycles. The maximum atomic E-state index is 13.1. The highest BCUT2D eigenvalue weighted by Crippen LogP contribution is 2.45. The summed E-state index contributed by atoms with van der Waals surface area (Å²) in [4.78, 5) is 72.7. The lowest BCUT2D eigenvalue weighted by atomic mass is 10.0. The van der Waals surface area contributed by atoms with Crippen LogP contribution in [0.1, 0.15) is 439 Å². The molecule has 2 unspecified atom stereocenters. The third-order valence-corrected chi connectivity index (χ3v) is 21.2. The van der Waals surface area contributed by atoms with Crippen molar-refractivity contribution in [2.24, 2.45) is 5.92 Å². The Labute approximate surface area is 619 Å². The number of carbonyl (C=O) groups is 4. The van der Waals surface area contributed by atoms with Crippen molar-refractivity contribution in [3.63, 3.8) is 0 Å². The Morgan fingerprint density at radius 1 is 0.267 bits per heavy atom. The third-order valence-electron chi connectivity index (χ3n) is 19.3. The fourth-order valence-electron chi connectivity index (χ4n) is 12.8. The molecular formula is C82H160O17P2. The van der Waals surface area contributed by atoms with Crippen molar-refractivity contribution in [2.75, 3.05) is 39.6 Å². The highest BCUT2D eigenvalue weighted by molar-refractivity contribution is 7.47. The van der Waals surface area contributed by atoms with Crippen LogP contribution in [-0.4, -0.2) is 96.7 Å². The van der Waals surface area contributed by atoms with Crippen molar-refractivity contribution in [1.82, 2.24) is 0 Å². The summed E-state index contributed by atoms with van der Waals surface area (Å²) in [7, 11) is -9.91. The second kappa shape index (κ2) is 74.9. The Morgan fingerprint density at radius 3 is 0.673 bits per heavy atom. The lowest BCUT2D eigenvalue weighted by molar-refractivity contribution is -0.161. The first-order valence-corrected chi connectivity index (χ1v) is 45.6. The largest absolute Gasteiger partial charge is 0.472 e. The van der Waals surface area contributed by atoms with Crippen molar-refractivity contribution in [1.29, 1.82) is 0 Å². The van der Waals surface area contributed by atoms with Crippen LogP contribution in [0.25, 0.3) is 0 Å². The minimum atomic E-state index is -4.96. The predicted octanol–water partition coefficient (Wildman–Crippen LogP) is 24.8. The maximum absolute atomic E-state index is 13.1. The molecule has 600 valence electrons. The number of hydrogen-bond acceptors (Lipinski definition) is 15. The Balaban J connectivity index is 5.11. The number of aliphatic hydroxyl groups excluding tert-OH is 1. The van der Waals surface area contributed by atoms with Crippen molar-refractivity contribution in [3.05, 3.63) is 0 Å². The first kappa shape index (κ1) is 99.1. The quantitative estimate of drug-likeness (QED) is 0.0222. The second-order valence-electron chi connectivity index (χ2n) is 30.0. The summed E-state index contributed by atoms with van der Waals surface area (Å²) in [6, 6.07) is 0. The predicted molar refractivity (Wildman–Crippen MR) is 414 cm³/mol. The Morgan fingerprint density at radius 2 is 0.455 bits per heavy atom. The highest BCUT2D eigenvalue weighted by Gasteiger charge is 2.30. The van der Waals surface area contributed by atoms with Gasteiger partial charge in [-0.25, -0.2) is 9.13 Å². The molecule has 0 aliphatic carbocycles. The minimum Gasteiger partial charge on any atom is -0.462 e. The van der Waals surface area contributed by atoms with E-state index in [9.17, 15) is 43.2 Å². The van der Waals surface area contributed by atoms with Crippen LogP contribution in [0.5, 0.6) is 0 Å². The molecule has 0 aromatic heterocycles. The van der Waals surface area contributed by atoms with Crippen molar-refractivity contribution < 1.29 is 80.2 Å². The zero-order chi connectivity index (χ0) is 74.1. The minimum absolute atomic E-state index is 0.106. The first-order chi connectivity index (χ1) is 49.0. The smallest absolute Gasteiger partial charge is 0.462 e. The molecule has 0 aliphatic rings. The lowest BCUT2D eigenvalue weighted by Crippen LogP contribution is -2.30. The summed E-state index contributed by atoms with van der Waals surface area (Å²) < 4.78 is 68.5. The second-order valence-corrected chi connectivity index (χ2v) is 32.9. The van der Waals surface area contributed by atoms with E-state index < -0.39 is 97.5 Å². The zero-order valence-corrected chi connectivity index (χ0v) is 67.8. The molecule has 0 rings (SSSR count). The zero-order valence-electron chi connectivity index (χ0n) is 66.1. The van der Waals surface area contributed by atoms with E-state index in [0.29, 0.717) is 25.7 Å². The number of carbonyl (C=O) groups excluding carboxylic acids is 4. The van der Waals surface area contributed by atoms with Gasteiger partial charge in [-0.3, -0.25) is 37.3 Å². The molecule has 5 atom stereocenters. The van der Waals surface area contributed by atoms with Crippen LogP contribution < -0.4 is 0 Å². The van der Waals surface area contributed by atoms with Gasteiger partial charge in [0.05, 0.1) is 26.4 Å². The summed E-state index contributed by atoms with van der Waals surface area (Å²) in [5, 5.41) is 10.6. The fraction of sp³-hybridized carbons (Fsp3) is 0.951. The molecular weight excluding hydrogens is 1320 g/mol. The molecule has 0 heterocycles. The average molecular weight is 1480 g/mol. The van der Waals surface area contributed by atoms with Gasteiger partial charge in [0.2, 0.25) is 0 Å². The first-order valence-electron chi connectivity index (χ1n) is 42.6. The van der Waals surface area contributed by atoms with E-state index in [1.807, 2.05) is 0 Å². The molecule has 3 N–H and O–H groups in total. The normalized spacial score (nSPS) is 13.8. The monoisotopic (exact) mass is 1480 g/mol. The molecule has 0 bridgehead atoms. The van der Waals surface area contributed by atoms with E-state index in [4.69, 9.17) is 37.0 Å². The number of phosphoric ester groups is 2. The van der Waals surface area contributed by atoms with Gasteiger partial charge in [0.25, 0.3) is 0 Å². The number of unbranched alkanes of at least 4 members (excludes halogenated alkanes) is 54. The average Bonchev–Trinajstić information content (AvgIpc) is 0.948. The van der Waals surface area contributed by atoms with Crippen LogP contribution in [0.15, 0.2) is 0 Å². The summed E-state index contributed by atoms with van der Waals surface area (Å²) in [5.74, 6) is -1.34. The van der Waals surface area contributed by atoms with E-state index in [1.54, 1.807) is 0 Å². The molecule has 0 aromatic rings. The Hall–Kier alpha value is -1.94. The van der Waals surface area contributed by atoms with Crippen molar-refractivity contribution >= 4 is 39.5 Å². The van der Waals surface area contributed by atoms with E-state index in [2.05, 4.69) is 34.6 Å². The summed E-state index contributed by atoms with van der Waals surface area (Å²) in [6.45, 7) is 7.25. The highest BCUT2D eigenvalue weighted by atomic mass is 31.2. The van der Waals surface area contributed by atoms with Crippen LogP contribution in [0, 0.1) is 5.92 Å². The Kier molecular flexibility index (Phi) is 73.5. The van der Waals surface area contributed by atoms with Crippen molar-refractivity contribution in [2.45, 2.75) is 457 Å². The van der Waals surface area contributed by atoms with E-state index in [-0.39, 0.29) is 25.7 Å². The fourth-order valence-corrected chi connectivity index (χ4v) is 14.3. The van der Waals surface area contributed by atoms with Gasteiger partial charge >= 0.3 is 39.5 Å². The molecule has 0 saturated carbocycles. The van der Waals surface area contributed by atoms with Gasteiger partial charge in [-0.1, -0.05) is 388 Å². The topological polar surface area (TPSA) is 237 Å². The number of esters is 4. The van der Waals surface area contributed by atoms with Gasteiger partial charge in [-0.2, -0.15) is 0 Å². The van der Waals surface area contributed by atoms with Crippen LogP contribution in [-0.2, 0) is 65.4 Å². The van der Waals surface area contributed by atoms with E-state index in [1.165, 1.54) is 257 Å². The van der Waals surface area contributed by atoms with Crippen LogP contribution in [0.3, 0.4) is 0 Å². The summed E-state index contributed by atoms with van der Waals surface area (Å²) >= 11 is 0. The van der Waals surface area contributed by atoms with Gasteiger partial charge < -0.3 is 33.8 Å². The molecule has 101 heavy (non-hydrogen) atoms. The van der Waals surface area contributed by atoms with Crippen LogP contribution >= 0.6 is 15.6 Å². The maximum Gasteiger partial charge on any atom is 0.472 e. The summed E-state index contributed by atoms with van der Waals surface area (Å²) in [5.41, 5.74) is 0. The molecule has 0 fully saturated rings. The number of rotatable bonds is 82.